The normalized spacial score (nSPS) is 23.5. The molecule has 0 spiro atoms. The summed E-state index contributed by atoms with van der Waals surface area (Å²) in [6, 6.07) is 5.82. The lowest BCUT2D eigenvalue weighted by molar-refractivity contribution is -0.308. The number of benzene rings is 1. The number of nitrogens with one attached hydrogen (secondary N) is 2. The maximum absolute atomic E-state index is 13.9. The highest BCUT2D eigenvalue weighted by atomic mass is 31.2. The molecule has 0 aliphatic carbocycles. The van der Waals surface area contributed by atoms with Gasteiger partial charge in [-0.15, -0.1) is 0 Å². The van der Waals surface area contributed by atoms with E-state index in [9.17, 15) is 44.1 Å². The summed E-state index contributed by atoms with van der Waals surface area (Å²) in [6.45, 7) is 10.1. The highest BCUT2D eigenvalue weighted by Gasteiger charge is 2.45. The number of hydrogen-bond donors (Lipinski definition) is 7. The first-order valence-corrected chi connectivity index (χ1v) is 21.4. The van der Waals surface area contributed by atoms with Gasteiger partial charge in [-0.25, -0.2) is 8.96 Å². The Hall–Kier alpha value is -2.54. The molecule has 1 amide bonds. The van der Waals surface area contributed by atoms with E-state index in [1.807, 2.05) is 0 Å². The Bertz CT molecular complexity index is 1360. The van der Waals surface area contributed by atoms with Crippen LogP contribution in [0, 0.1) is 0 Å². The number of rotatable bonds is 29. The zero-order chi connectivity index (χ0) is 42.5. The Morgan fingerprint density at radius 3 is 2.09 bits per heavy atom. The van der Waals surface area contributed by atoms with Crippen molar-refractivity contribution in [1.82, 2.24) is 10.4 Å². The van der Waals surface area contributed by atoms with E-state index in [-0.39, 0.29) is 30.3 Å². The van der Waals surface area contributed by atoms with Crippen molar-refractivity contribution in [3.05, 3.63) is 42.7 Å². The number of halogens is 1. The Morgan fingerprint density at radius 1 is 0.912 bits per heavy atom. The number of para-hydroxylation sites is 1. The van der Waals surface area contributed by atoms with Crippen molar-refractivity contribution in [3.8, 4) is 5.75 Å². The number of esters is 1. The van der Waals surface area contributed by atoms with Crippen LogP contribution in [0.2, 0.25) is 0 Å². The molecule has 18 heteroatoms. The summed E-state index contributed by atoms with van der Waals surface area (Å²) in [4.78, 5) is 25.3. The van der Waals surface area contributed by atoms with Gasteiger partial charge in [0.1, 0.15) is 42.3 Å². The summed E-state index contributed by atoms with van der Waals surface area (Å²) in [5.41, 5.74) is 0. The average Bonchev–Trinajstić information content (AvgIpc) is 3.15. The molecule has 57 heavy (non-hydrogen) atoms. The van der Waals surface area contributed by atoms with Gasteiger partial charge in [-0.3, -0.25) is 14.1 Å². The lowest BCUT2D eigenvalue weighted by Gasteiger charge is -2.41. The molecule has 11 atom stereocenters. The van der Waals surface area contributed by atoms with E-state index in [1.54, 1.807) is 39.0 Å². The van der Waals surface area contributed by atoms with Gasteiger partial charge in [0.2, 0.25) is 5.91 Å². The molecule has 0 radical (unpaired) electrons. The number of carbonyl (C=O) groups is 2. The molecule has 1 aromatic rings. The second-order valence-electron chi connectivity index (χ2n) is 14.6. The molecule has 1 fully saturated rings. The number of unbranched alkanes of at least 4 members (excludes halogenated alkanes) is 7. The number of aliphatic hydroxyl groups is 5. The van der Waals surface area contributed by atoms with Gasteiger partial charge >= 0.3 is 13.7 Å². The van der Waals surface area contributed by atoms with Crippen LogP contribution in [0.3, 0.4) is 0 Å². The molecule has 1 aliphatic rings. The fourth-order valence-corrected chi connectivity index (χ4v) is 7.43. The van der Waals surface area contributed by atoms with Crippen LogP contribution < -0.4 is 14.9 Å². The van der Waals surface area contributed by atoms with Crippen molar-refractivity contribution in [1.29, 1.82) is 0 Å². The zero-order valence-electron chi connectivity index (χ0n) is 33.9. The first-order valence-electron chi connectivity index (χ1n) is 19.9. The van der Waals surface area contributed by atoms with Crippen LogP contribution in [-0.2, 0) is 37.6 Å². The van der Waals surface area contributed by atoms with Crippen molar-refractivity contribution in [2.45, 2.75) is 173 Å². The van der Waals surface area contributed by atoms with E-state index in [0.29, 0.717) is 12.8 Å². The molecule has 2 rings (SSSR count). The SMILES string of the molecule is C=C(F)CCCCCCCCCCC(=O)N[C@@H](COC1OC(COC(C)OP(=O)(N[C@@H](C)C(=O)OC(C)C)Oc2ccccc2)C(O)C(O)C1O)[C@H](O)[C@H](O)CC. The van der Waals surface area contributed by atoms with E-state index in [2.05, 4.69) is 17.0 Å². The predicted molar refractivity (Wildman–Crippen MR) is 208 cm³/mol. The number of ether oxygens (including phenoxy) is 4. The van der Waals surface area contributed by atoms with Crippen molar-refractivity contribution >= 4 is 19.6 Å². The van der Waals surface area contributed by atoms with E-state index in [0.717, 1.165) is 44.9 Å². The fraction of sp³-hybridized carbons (Fsp3) is 0.744. The zero-order valence-corrected chi connectivity index (χ0v) is 34.8. The Kier molecular flexibility index (Phi) is 23.6. The topological polar surface area (TPSA) is 232 Å². The molecule has 1 heterocycles. The van der Waals surface area contributed by atoms with Gasteiger partial charge in [-0.2, -0.15) is 5.09 Å². The highest BCUT2D eigenvalue weighted by molar-refractivity contribution is 7.52. The Balaban J connectivity index is 1.98. The average molecular weight is 837 g/mol. The Labute approximate surface area is 336 Å². The van der Waals surface area contributed by atoms with Crippen molar-refractivity contribution in [3.63, 3.8) is 0 Å². The van der Waals surface area contributed by atoms with Crippen molar-refractivity contribution in [2.24, 2.45) is 0 Å². The third kappa shape index (κ3) is 19.4. The molecule has 0 bridgehead atoms. The minimum atomic E-state index is -4.33. The largest absolute Gasteiger partial charge is 0.462 e. The summed E-state index contributed by atoms with van der Waals surface area (Å²) in [7, 11) is -4.33. The molecule has 1 aromatic carbocycles. The second kappa shape index (κ2) is 26.5. The van der Waals surface area contributed by atoms with Gasteiger partial charge in [0.25, 0.3) is 0 Å². The fourth-order valence-electron chi connectivity index (χ4n) is 5.85. The lowest BCUT2D eigenvalue weighted by atomic mass is 9.99. The maximum atomic E-state index is 13.9. The molecular formula is C39H66FN2O14P. The summed E-state index contributed by atoms with van der Waals surface area (Å²) in [5.74, 6) is -1.21. The van der Waals surface area contributed by atoms with E-state index < -0.39 is 94.3 Å². The van der Waals surface area contributed by atoms with Crippen LogP contribution in [0.25, 0.3) is 0 Å². The van der Waals surface area contributed by atoms with Gasteiger partial charge < -0.3 is 54.3 Å². The van der Waals surface area contributed by atoms with E-state index >= 15 is 0 Å². The van der Waals surface area contributed by atoms with Crippen LogP contribution in [0.1, 0.15) is 105 Å². The maximum Gasteiger partial charge on any atom is 0.461 e. The van der Waals surface area contributed by atoms with Crippen LogP contribution in [0.5, 0.6) is 5.75 Å². The van der Waals surface area contributed by atoms with Crippen LogP contribution in [0.15, 0.2) is 42.7 Å². The third-order valence-electron chi connectivity index (χ3n) is 9.09. The lowest BCUT2D eigenvalue weighted by Crippen LogP contribution is -2.60. The number of carbonyl (C=O) groups excluding carboxylic acids is 2. The van der Waals surface area contributed by atoms with Crippen LogP contribution >= 0.6 is 7.75 Å². The molecule has 0 saturated carbocycles. The summed E-state index contributed by atoms with van der Waals surface area (Å²) in [5, 5.41) is 58.5. The van der Waals surface area contributed by atoms with E-state index in [1.165, 1.54) is 26.0 Å². The highest BCUT2D eigenvalue weighted by Crippen LogP contribution is 2.46. The van der Waals surface area contributed by atoms with Gasteiger partial charge in [-0.05, 0) is 65.5 Å². The van der Waals surface area contributed by atoms with E-state index in [4.69, 9.17) is 28.0 Å². The first-order chi connectivity index (χ1) is 27.0. The number of amides is 1. The van der Waals surface area contributed by atoms with Gasteiger partial charge in [0.15, 0.2) is 12.6 Å². The molecule has 328 valence electrons. The number of hydrogen-bond acceptors (Lipinski definition) is 14. The smallest absolute Gasteiger partial charge is 0.461 e. The summed E-state index contributed by atoms with van der Waals surface area (Å²) >= 11 is 0. The van der Waals surface area contributed by atoms with Crippen LogP contribution in [0.4, 0.5) is 4.39 Å². The van der Waals surface area contributed by atoms with Crippen LogP contribution in [-0.4, -0.2) is 118 Å². The van der Waals surface area contributed by atoms with Gasteiger partial charge in [0.05, 0.1) is 37.3 Å². The quantitative estimate of drug-likeness (QED) is 0.0258. The van der Waals surface area contributed by atoms with Crippen molar-refractivity contribution < 1.29 is 72.1 Å². The molecule has 16 nitrogen and oxygen atoms in total. The molecular weight excluding hydrogens is 770 g/mol. The van der Waals surface area contributed by atoms with Gasteiger partial charge in [-0.1, -0.05) is 70.2 Å². The number of allylic oxidation sites excluding steroid dienone is 1. The minimum Gasteiger partial charge on any atom is -0.462 e. The third-order valence-corrected chi connectivity index (χ3v) is 10.8. The molecule has 1 aliphatic heterocycles. The Morgan fingerprint density at radius 2 is 1.51 bits per heavy atom. The molecule has 0 aromatic heterocycles. The molecule has 7 unspecified atom stereocenters. The first kappa shape index (κ1) is 50.6. The van der Waals surface area contributed by atoms with Crippen molar-refractivity contribution in [2.75, 3.05) is 13.2 Å². The summed E-state index contributed by atoms with van der Waals surface area (Å²) < 4.78 is 60.1. The monoisotopic (exact) mass is 836 g/mol. The van der Waals surface area contributed by atoms with Gasteiger partial charge in [0, 0.05) is 6.42 Å². The summed E-state index contributed by atoms with van der Waals surface area (Å²) in [6.07, 6.45) is -4.69. The molecule has 1 saturated heterocycles. The second-order valence-corrected chi connectivity index (χ2v) is 16.2. The minimum absolute atomic E-state index is 0.164. The predicted octanol–water partition coefficient (Wildman–Crippen LogP) is 4.31. The number of aliphatic hydroxyl groups excluding tert-OH is 5. The standard InChI is InChI=1S/C39H66FN2O14P/c1-7-31(43)34(45)30(41-33(44)22-18-13-11-9-8-10-12-15-19-26(4)40)23-52-39-37(48)36(47)35(46)32(54-39)24-51-28(6)55-57(50,56-29-20-16-14-17-21-29)42-27(5)38(49)53-25(2)3/h14,16-17,20-21,25,27-28,30-32,34-37,39,43,45-48H,4,7-13,15,18-19,22-24H2,1-3,5-6H3,(H,41,44)(H,42,50)/t27-,28?,30-,31+,32?,34-,35?,36?,37?,39?,57?/m0/s1. The molecule has 7 N–H and O–H groups in total.